The van der Waals surface area contributed by atoms with Gasteiger partial charge in [-0.2, -0.15) is 0 Å². The Morgan fingerprint density at radius 1 is 1.07 bits per heavy atom. The third-order valence-electron chi connectivity index (χ3n) is 3.90. The maximum absolute atomic E-state index is 12.3. The first-order valence-corrected chi connectivity index (χ1v) is 9.73. The fourth-order valence-electron chi connectivity index (χ4n) is 2.65. The normalized spacial score (nSPS) is 12.6. The molecule has 7 heteroatoms. The number of aromatic nitrogens is 2. The quantitative estimate of drug-likeness (QED) is 0.542. The lowest BCUT2D eigenvalue weighted by Crippen LogP contribution is -2.20. The van der Waals surface area contributed by atoms with Gasteiger partial charge in [-0.05, 0) is 29.8 Å². The molecule has 5 nitrogen and oxygen atoms in total. The smallest absolute Gasteiger partial charge is 0.338 e. The van der Waals surface area contributed by atoms with Gasteiger partial charge < -0.3 is 9.72 Å². The maximum atomic E-state index is 12.3. The van der Waals surface area contributed by atoms with Crippen molar-refractivity contribution in [3.8, 4) is 0 Å². The van der Waals surface area contributed by atoms with E-state index in [9.17, 15) is 9.59 Å². The van der Waals surface area contributed by atoms with Crippen LogP contribution in [0.3, 0.4) is 0 Å². The van der Waals surface area contributed by atoms with Crippen molar-refractivity contribution in [1.82, 2.24) is 9.97 Å². The predicted molar refractivity (Wildman–Crippen MR) is 109 cm³/mol. The zero-order valence-electron chi connectivity index (χ0n) is 14.3. The van der Waals surface area contributed by atoms with E-state index in [1.165, 1.54) is 18.4 Å². The van der Waals surface area contributed by atoms with E-state index < -0.39 is 5.97 Å². The summed E-state index contributed by atoms with van der Waals surface area (Å²) in [5.74, 6) is -0.434. The number of hydrogen-bond acceptors (Lipinski definition) is 6. The number of nitrogens with zero attached hydrogens (tertiary/aromatic N) is 1. The van der Waals surface area contributed by atoms with E-state index in [1.54, 1.807) is 35.6 Å². The third kappa shape index (κ3) is 3.60. The summed E-state index contributed by atoms with van der Waals surface area (Å²) < 4.78 is 7.12. The highest BCUT2D eigenvalue weighted by atomic mass is 32.1. The first-order chi connectivity index (χ1) is 13.1. The number of fused-ring (bicyclic) bond motifs is 1. The summed E-state index contributed by atoms with van der Waals surface area (Å²) in [6.07, 6.45) is 3.56. The highest BCUT2D eigenvalue weighted by Crippen LogP contribution is 2.21. The van der Waals surface area contributed by atoms with Gasteiger partial charge in [0.25, 0.3) is 5.56 Å². The van der Waals surface area contributed by atoms with E-state index in [2.05, 4.69) is 9.97 Å². The van der Waals surface area contributed by atoms with Gasteiger partial charge in [-0.1, -0.05) is 30.3 Å². The number of rotatable bonds is 3. The number of benzene rings is 2. The number of hydrogen-bond donors (Lipinski definition) is 1. The van der Waals surface area contributed by atoms with Crippen LogP contribution < -0.4 is 14.8 Å². The molecule has 2 aromatic heterocycles. The molecule has 2 aromatic carbocycles. The molecule has 2 heterocycles. The number of para-hydroxylation sites is 1. The number of ether oxygens (including phenoxy) is 1. The highest BCUT2D eigenvalue weighted by Gasteiger charge is 2.09. The van der Waals surface area contributed by atoms with E-state index in [0.29, 0.717) is 20.3 Å². The van der Waals surface area contributed by atoms with Crippen LogP contribution in [0.15, 0.2) is 53.3 Å². The molecule has 0 aliphatic heterocycles. The van der Waals surface area contributed by atoms with Gasteiger partial charge in [0.15, 0.2) is 0 Å². The molecule has 134 valence electrons. The van der Waals surface area contributed by atoms with Crippen LogP contribution in [0.4, 0.5) is 0 Å². The molecular formula is C20H14N2O3S2. The molecular weight excluding hydrogens is 380 g/mol. The molecule has 0 radical (unpaired) electrons. The van der Waals surface area contributed by atoms with Crippen LogP contribution in [0.25, 0.3) is 22.4 Å². The largest absolute Gasteiger partial charge is 0.465 e. The van der Waals surface area contributed by atoms with Gasteiger partial charge in [-0.25, -0.2) is 9.78 Å². The van der Waals surface area contributed by atoms with Crippen LogP contribution in [0.2, 0.25) is 0 Å². The van der Waals surface area contributed by atoms with Gasteiger partial charge in [0.2, 0.25) is 0 Å². The first-order valence-electron chi connectivity index (χ1n) is 8.09. The molecule has 0 aliphatic rings. The zero-order valence-corrected chi connectivity index (χ0v) is 15.9. The van der Waals surface area contributed by atoms with Gasteiger partial charge in [0, 0.05) is 6.08 Å². The number of carbonyl (C=O) groups excluding carboxylic acids is 1. The van der Waals surface area contributed by atoms with E-state index >= 15 is 0 Å². The first kappa shape index (κ1) is 17.4. The summed E-state index contributed by atoms with van der Waals surface area (Å²) >= 11 is 2.89. The standard InChI is InChI=1S/C20H14N2O3S2/c1-25-20(24)13-7-3-2-6-12(13)10-16-19(23)22-18(27-16)11-17-21-14-8-4-5-9-15(14)26-17/h2-11H,1H3,(H,22,23)/b16-10-,18-11-. The number of methoxy groups -OCH3 is 1. The number of nitrogens with one attached hydrogen (secondary N) is 1. The number of esters is 1. The van der Waals surface area contributed by atoms with Crippen LogP contribution in [-0.2, 0) is 4.74 Å². The van der Waals surface area contributed by atoms with E-state index in [1.807, 2.05) is 36.4 Å². The molecule has 0 amide bonds. The molecule has 4 aromatic rings. The fraction of sp³-hybridized carbons (Fsp3) is 0.0500. The van der Waals surface area contributed by atoms with Gasteiger partial charge in [0.1, 0.15) is 5.01 Å². The predicted octanol–water partition coefficient (Wildman–Crippen LogP) is 2.49. The topological polar surface area (TPSA) is 72.0 Å². The molecule has 0 saturated heterocycles. The zero-order chi connectivity index (χ0) is 18.8. The van der Waals surface area contributed by atoms with Crippen LogP contribution in [0, 0.1) is 0 Å². The Bertz CT molecular complexity index is 1280. The van der Waals surface area contributed by atoms with Crippen molar-refractivity contribution in [1.29, 1.82) is 0 Å². The average Bonchev–Trinajstić information content (AvgIpc) is 3.24. The van der Waals surface area contributed by atoms with E-state index in [0.717, 1.165) is 15.2 Å². The average molecular weight is 394 g/mol. The Morgan fingerprint density at radius 2 is 1.85 bits per heavy atom. The molecule has 0 bridgehead atoms. The third-order valence-corrected chi connectivity index (χ3v) is 5.84. The lowest BCUT2D eigenvalue weighted by molar-refractivity contribution is 0.0600. The lowest BCUT2D eigenvalue weighted by Gasteiger charge is -2.02. The Kier molecular flexibility index (Phi) is 4.70. The summed E-state index contributed by atoms with van der Waals surface area (Å²) in [4.78, 5) is 31.6. The Labute approximate surface area is 161 Å². The minimum absolute atomic E-state index is 0.202. The fourth-order valence-corrected chi connectivity index (χ4v) is 4.51. The number of carbonyl (C=O) groups is 1. The molecule has 1 N–H and O–H groups in total. The molecule has 0 atom stereocenters. The monoisotopic (exact) mass is 394 g/mol. The Morgan fingerprint density at radius 3 is 2.67 bits per heavy atom. The molecule has 4 rings (SSSR count). The SMILES string of the molecule is COC(=O)c1ccccc1/C=c1\s/c(=C\c2nc3ccccc3s2)[nH]c1=O. The van der Waals surface area contributed by atoms with Crippen molar-refractivity contribution < 1.29 is 9.53 Å². The van der Waals surface area contributed by atoms with Gasteiger partial charge in [0.05, 0.1) is 32.1 Å². The van der Waals surface area contributed by atoms with Crippen molar-refractivity contribution in [2.24, 2.45) is 0 Å². The summed E-state index contributed by atoms with van der Waals surface area (Å²) in [5.41, 5.74) is 1.80. The number of H-pyrrole nitrogens is 1. The summed E-state index contributed by atoms with van der Waals surface area (Å²) in [7, 11) is 1.34. The molecule has 0 unspecified atom stereocenters. The second-order valence-electron chi connectivity index (χ2n) is 5.67. The van der Waals surface area contributed by atoms with Gasteiger partial charge in [-0.3, -0.25) is 4.79 Å². The second-order valence-corrected chi connectivity index (χ2v) is 7.82. The number of thiazole rings is 2. The van der Waals surface area contributed by atoms with Crippen molar-refractivity contribution in [2.75, 3.05) is 7.11 Å². The van der Waals surface area contributed by atoms with E-state index in [-0.39, 0.29) is 5.56 Å². The van der Waals surface area contributed by atoms with Crippen LogP contribution >= 0.6 is 22.7 Å². The van der Waals surface area contributed by atoms with Crippen molar-refractivity contribution >= 4 is 51.0 Å². The lowest BCUT2D eigenvalue weighted by atomic mass is 10.1. The minimum atomic E-state index is -0.434. The highest BCUT2D eigenvalue weighted by molar-refractivity contribution is 7.19. The Balaban J connectivity index is 1.79. The Hall–Kier alpha value is -3.03. The van der Waals surface area contributed by atoms with Gasteiger partial charge in [-0.15, -0.1) is 22.7 Å². The minimum Gasteiger partial charge on any atom is -0.465 e. The second kappa shape index (κ2) is 7.30. The molecule has 0 spiro atoms. The van der Waals surface area contributed by atoms with Crippen molar-refractivity contribution in [3.63, 3.8) is 0 Å². The summed E-state index contributed by atoms with van der Waals surface area (Å²) in [6.45, 7) is 0. The van der Waals surface area contributed by atoms with Crippen LogP contribution in [0.1, 0.15) is 20.9 Å². The molecule has 0 fully saturated rings. The summed E-state index contributed by atoms with van der Waals surface area (Å²) in [5, 5.41) is 0.829. The molecule has 27 heavy (non-hydrogen) atoms. The van der Waals surface area contributed by atoms with Gasteiger partial charge >= 0.3 is 5.97 Å². The van der Waals surface area contributed by atoms with E-state index in [4.69, 9.17) is 4.74 Å². The maximum Gasteiger partial charge on any atom is 0.338 e. The number of aromatic amines is 1. The van der Waals surface area contributed by atoms with Crippen molar-refractivity contribution in [2.45, 2.75) is 0 Å². The van der Waals surface area contributed by atoms with Crippen LogP contribution in [0.5, 0.6) is 0 Å². The summed E-state index contributed by atoms with van der Waals surface area (Å²) in [6, 6.07) is 14.9. The van der Waals surface area contributed by atoms with Crippen molar-refractivity contribution in [3.05, 3.63) is 84.2 Å². The van der Waals surface area contributed by atoms with Crippen LogP contribution in [-0.4, -0.2) is 23.0 Å². The molecule has 0 aliphatic carbocycles. The molecule has 0 saturated carbocycles.